The molecule has 332 valence electrons. The van der Waals surface area contributed by atoms with E-state index >= 15 is 0 Å². The average Bonchev–Trinajstić information content (AvgIpc) is 3.16. The molecule has 0 radical (unpaired) electrons. The zero-order valence-corrected chi connectivity index (χ0v) is 34.5. The highest BCUT2D eigenvalue weighted by molar-refractivity contribution is 5.95. The summed E-state index contributed by atoms with van der Waals surface area (Å²) in [6, 6.07) is 0. The third-order valence-electron chi connectivity index (χ3n) is 17.4. The van der Waals surface area contributed by atoms with E-state index in [1.165, 1.54) is 0 Å². The Balaban J connectivity index is 1.19. The number of carboxylic acids is 3. The number of hydrogen-bond acceptors (Lipinski definition) is 14. The Kier molecular flexibility index (Phi) is 11.1. The molecule has 59 heavy (non-hydrogen) atoms. The minimum absolute atomic E-state index is 0.0119. The Labute approximate surface area is 342 Å². The predicted octanol–water partition coefficient (Wildman–Crippen LogP) is 1.22. The number of rotatable bonds is 8. The van der Waals surface area contributed by atoms with E-state index in [0.29, 0.717) is 32.1 Å². The fraction of sp³-hybridized carbons (Fsp3) is 0.857. The SMILES string of the molecule is C[C@]1(C(=O)O)CC[C@]2(C)CC[C@]3(C)C(=CC(=O)[C@@H]4[C@@]5(C)CC[C@H](O[C@@H]6O[C@H](C(=O)O)[C@@H](O)[C@H](O)[C@H]6O[C@@H]6O[C@H](C(=O)O)[C@@H](O)[C@H](O)[C@H]6O)[C@@](C)(CO)[C@@H]5CC[C@]43C)[C@@H]2C1. The maximum Gasteiger partial charge on any atom is 0.335 e. The summed E-state index contributed by atoms with van der Waals surface area (Å²) in [5.74, 6) is -5.02. The van der Waals surface area contributed by atoms with Gasteiger partial charge in [-0.3, -0.25) is 9.59 Å². The van der Waals surface area contributed by atoms with Crippen LogP contribution in [0.3, 0.4) is 0 Å². The summed E-state index contributed by atoms with van der Waals surface area (Å²) >= 11 is 0. The largest absolute Gasteiger partial charge is 0.481 e. The van der Waals surface area contributed by atoms with Crippen LogP contribution in [0.1, 0.15) is 99.3 Å². The number of aliphatic carboxylic acids is 3. The lowest BCUT2D eigenvalue weighted by Gasteiger charge is -2.70. The van der Waals surface area contributed by atoms with Gasteiger partial charge in [0.2, 0.25) is 0 Å². The second-order valence-electron chi connectivity index (χ2n) is 20.5. The fourth-order valence-electron chi connectivity index (χ4n) is 13.4. The van der Waals surface area contributed by atoms with E-state index in [9.17, 15) is 65.1 Å². The smallest absolute Gasteiger partial charge is 0.335 e. The summed E-state index contributed by atoms with van der Waals surface area (Å²) < 4.78 is 23.2. The van der Waals surface area contributed by atoms with Crippen LogP contribution in [-0.2, 0) is 38.1 Å². The molecule has 17 heteroatoms. The standard InChI is InChI=1S/C42H62O17/c1-37-11-12-38(2,36(54)55)16-19(37)18-15-20(44)31-39(3)9-8-22(40(4,17-43)21(39)7-10-42(31,6)41(18,5)14-13-37)56-35-30(26(48)25(47)29(58-35)33(52)53)59-34-27(49)23(45)24(46)28(57-34)32(50)51/h15,19,21-31,34-35,43,45-49H,7-14,16-17H2,1-6H3,(H,50,51)(H,52,53)(H,54,55)/t19-,21+,22-,23-,24-,25-,26-,27+,28-,29-,30+,31+,34-,35+,37+,38-,39-,40-,41+,42+/m0/s1. The van der Waals surface area contributed by atoms with Crippen molar-refractivity contribution in [3.8, 4) is 0 Å². The quantitative estimate of drug-likeness (QED) is 0.155. The summed E-state index contributed by atoms with van der Waals surface area (Å²) in [4.78, 5) is 51.4. The number of aliphatic hydroxyl groups excluding tert-OH is 6. The molecule has 0 aromatic carbocycles. The second-order valence-corrected chi connectivity index (χ2v) is 20.5. The maximum absolute atomic E-state index is 14.9. The van der Waals surface area contributed by atoms with Crippen LogP contribution < -0.4 is 0 Å². The van der Waals surface area contributed by atoms with Gasteiger partial charge in [-0.1, -0.05) is 40.2 Å². The molecule has 2 saturated heterocycles. The van der Waals surface area contributed by atoms with Gasteiger partial charge in [-0.2, -0.15) is 0 Å². The highest BCUT2D eigenvalue weighted by Gasteiger charge is 2.71. The van der Waals surface area contributed by atoms with Crippen molar-refractivity contribution in [3.05, 3.63) is 11.6 Å². The van der Waals surface area contributed by atoms with Crippen LogP contribution in [0.4, 0.5) is 0 Å². The average molecular weight is 839 g/mol. The number of aliphatic hydroxyl groups is 6. The number of carboxylic acid groups (broad SMARTS) is 3. The number of ether oxygens (including phenoxy) is 4. The van der Waals surface area contributed by atoms with Gasteiger partial charge in [-0.05, 0) is 104 Å². The van der Waals surface area contributed by atoms with Crippen molar-refractivity contribution in [1.29, 1.82) is 0 Å². The summed E-state index contributed by atoms with van der Waals surface area (Å²) in [6.45, 7) is 12.0. The molecule has 20 atom stereocenters. The lowest BCUT2D eigenvalue weighted by Crippen LogP contribution is -2.69. The third-order valence-corrected chi connectivity index (χ3v) is 17.4. The van der Waals surface area contributed by atoms with E-state index in [1.807, 2.05) is 19.9 Å². The molecular weight excluding hydrogens is 776 g/mol. The molecule has 0 amide bonds. The van der Waals surface area contributed by atoms with Crippen LogP contribution in [0.5, 0.6) is 0 Å². The first-order valence-corrected chi connectivity index (χ1v) is 20.9. The number of allylic oxidation sites excluding steroid dienone is 2. The first kappa shape index (κ1) is 44.5. The van der Waals surface area contributed by atoms with E-state index in [2.05, 4.69) is 27.7 Å². The van der Waals surface area contributed by atoms with Crippen LogP contribution in [-0.4, -0.2) is 144 Å². The minimum atomic E-state index is -2.10. The van der Waals surface area contributed by atoms with Gasteiger partial charge in [-0.25, -0.2) is 9.59 Å². The molecule has 17 nitrogen and oxygen atoms in total. The van der Waals surface area contributed by atoms with Crippen molar-refractivity contribution >= 4 is 23.7 Å². The van der Waals surface area contributed by atoms with Crippen molar-refractivity contribution in [2.24, 2.45) is 50.2 Å². The number of ketones is 1. The number of hydrogen-bond donors (Lipinski definition) is 9. The lowest BCUT2D eigenvalue weighted by atomic mass is 9.33. The first-order valence-electron chi connectivity index (χ1n) is 20.9. The van der Waals surface area contributed by atoms with Gasteiger partial charge >= 0.3 is 17.9 Å². The third kappa shape index (κ3) is 6.46. The topological polar surface area (TPSA) is 287 Å². The summed E-state index contributed by atoms with van der Waals surface area (Å²) in [5.41, 5.74) is -2.63. The molecular formula is C42H62O17. The van der Waals surface area contributed by atoms with Crippen molar-refractivity contribution in [2.75, 3.05) is 6.61 Å². The zero-order valence-electron chi connectivity index (χ0n) is 34.5. The van der Waals surface area contributed by atoms with Gasteiger partial charge in [-0.15, -0.1) is 0 Å². The van der Waals surface area contributed by atoms with Gasteiger partial charge in [0.15, 0.2) is 30.6 Å². The Morgan fingerprint density at radius 3 is 1.92 bits per heavy atom. The number of carbonyl (C=O) groups excluding carboxylic acids is 1. The fourth-order valence-corrected chi connectivity index (χ4v) is 13.4. The molecule has 2 heterocycles. The Bertz CT molecular complexity index is 1750. The second kappa shape index (κ2) is 14.8. The van der Waals surface area contributed by atoms with E-state index in [-0.39, 0.29) is 29.5 Å². The summed E-state index contributed by atoms with van der Waals surface area (Å²) in [5, 5.41) is 94.3. The molecule has 0 aromatic rings. The van der Waals surface area contributed by atoms with Crippen molar-refractivity contribution in [3.63, 3.8) is 0 Å². The molecule has 0 aromatic heterocycles. The van der Waals surface area contributed by atoms with Crippen LogP contribution in [0.15, 0.2) is 11.6 Å². The maximum atomic E-state index is 14.9. The molecule has 0 unspecified atom stereocenters. The number of fused-ring (bicyclic) bond motifs is 7. The molecule has 4 saturated carbocycles. The van der Waals surface area contributed by atoms with Gasteiger partial charge in [0.05, 0.1) is 18.1 Å². The van der Waals surface area contributed by atoms with E-state index in [0.717, 1.165) is 24.8 Å². The molecule has 0 bridgehead atoms. The predicted molar refractivity (Wildman–Crippen MR) is 201 cm³/mol. The Morgan fingerprint density at radius 2 is 1.32 bits per heavy atom. The van der Waals surface area contributed by atoms with E-state index < -0.39 is 125 Å². The summed E-state index contributed by atoms with van der Waals surface area (Å²) in [6.07, 6.45) is -13.8. The molecule has 2 aliphatic heterocycles. The van der Waals surface area contributed by atoms with Crippen molar-refractivity contribution < 1.29 is 84.1 Å². The highest BCUT2D eigenvalue weighted by Crippen LogP contribution is 2.75. The van der Waals surface area contributed by atoms with Crippen molar-refractivity contribution in [2.45, 2.75) is 167 Å². The minimum Gasteiger partial charge on any atom is -0.481 e. The van der Waals surface area contributed by atoms with Gasteiger partial charge in [0.25, 0.3) is 0 Å². The van der Waals surface area contributed by atoms with Crippen LogP contribution >= 0.6 is 0 Å². The zero-order chi connectivity index (χ0) is 43.6. The monoisotopic (exact) mass is 838 g/mol. The Hall–Kier alpha value is -2.58. The van der Waals surface area contributed by atoms with Gasteiger partial charge in [0, 0.05) is 11.3 Å². The molecule has 7 rings (SSSR count). The van der Waals surface area contributed by atoms with E-state index in [4.69, 9.17) is 18.9 Å². The molecule has 0 spiro atoms. The van der Waals surface area contributed by atoms with Crippen LogP contribution in [0, 0.1) is 50.2 Å². The highest BCUT2D eigenvalue weighted by atomic mass is 16.8. The molecule has 5 aliphatic carbocycles. The Morgan fingerprint density at radius 1 is 0.729 bits per heavy atom. The summed E-state index contributed by atoms with van der Waals surface area (Å²) in [7, 11) is 0. The molecule has 9 N–H and O–H groups in total. The van der Waals surface area contributed by atoms with Gasteiger partial charge < -0.3 is 64.9 Å². The molecule has 7 aliphatic rings. The van der Waals surface area contributed by atoms with E-state index in [1.54, 1.807) is 0 Å². The van der Waals surface area contributed by atoms with Crippen LogP contribution in [0.2, 0.25) is 0 Å². The normalized spacial score (nSPS) is 53.5. The lowest BCUT2D eigenvalue weighted by molar-refractivity contribution is -0.372. The first-order chi connectivity index (χ1) is 27.3. The number of carbonyl (C=O) groups is 4. The van der Waals surface area contributed by atoms with Crippen LogP contribution in [0.25, 0.3) is 0 Å². The van der Waals surface area contributed by atoms with Crippen molar-refractivity contribution in [1.82, 2.24) is 0 Å². The molecule has 6 fully saturated rings. The van der Waals surface area contributed by atoms with Gasteiger partial charge in [0.1, 0.15) is 36.6 Å².